The zero-order chi connectivity index (χ0) is 26.0. The van der Waals surface area contributed by atoms with Crippen LogP contribution in [0.15, 0.2) is 59.7 Å². The molecule has 1 aliphatic heterocycles. The number of alkyl halides is 3. The molecule has 0 aliphatic carbocycles. The maximum absolute atomic E-state index is 13.7. The molecule has 2 aromatic rings. The van der Waals surface area contributed by atoms with E-state index in [2.05, 4.69) is 10.5 Å². The lowest BCUT2D eigenvalue weighted by Gasteiger charge is -2.46. The number of hydrogen-bond donors (Lipinski definition) is 2. The molecule has 2 atom stereocenters. The van der Waals surface area contributed by atoms with Gasteiger partial charge in [0.05, 0.1) is 11.4 Å². The summed E-state index contributed by atoms with van der Waals surface area (Å²) in [5.41, 5.74) is -2.06. The van der Waals surface area contributed by atoms with E-state index in [-0.39, 0.29) is 35.7 Å². The van der Waals surface area contributed by atoms with Gasteiger partial charge in [-0.15, -0.1) is 0 Å². The van der Waals surface area contributed by atoms with Crippen molar-refractivity contribution in [2.45, 2.75) is 52.2 Å². The highest BCUT2D eigenvalue weighted by molar-refractivity contribution is 7.93. The fourth-order valence-electron chi connectivity index (χ4n) is 4.09. The average molecular weight is 511 g/mol. The maximum atomic E-state index is 13.7. The van der Waals surface area contributed by atoms with E-state index in [9.17, 15) is 26.4 Å². The van der Waals surface area contributed by atoms with Gasteiger partial charge < -0.3 is 4.90 Å². The minimum atomic E-state index is -5.61. The van der Waals surface area contributed by atoms with Gasteiger partial charge in [0.1, 0.15) is 5.71 Å². The lowest BCUT2D eigenvalue weighted by Crippen LogP contribution is -2.56. The molecule has 1 amide bonds. The van der Waals surface area contributed by atoms with Crippen molar-refractivity contribution in [1.29, 1.82) is 0 Å². The molecule has 2 aromatic carbocycles. The number of rotatable bonds is 7. The molecule has 0 spiro atoms. The van der Waals surface area contributed by atoms with Crippen LogP contribution < -0.4 is 10.1 Å². The van der Waals surface area contributed by atoms with E-state index in [0.29, 0.717) is 17.8 Å². The molecule has 7 nitrogen and oxygen atoms in total. The Balaban J connectivity index is 1.95. The Hall–Kier alpha value is -3.08. The van der Waals surface area contributed by atoms with Crippen molar-refractivity contribution in [3.05, 3.63) is 60.2 Å². The van der Waals surface area contributed by atoms with Crippen LogP contribution in [-0.4, -0.2) is 36.5 Å². The number of benzene rings is 2. The fraction of sp³-hybridized carbons (Fsp3) is 0.417. The van der Waals surface area contributed by atoms with Gasteiger partial charge in [0.25, 0.3) is 5.91 Å². The molecule has 1 aliphatic rings. The van der Waals surface area contributed by atoms with Gasteiger partial charge in [-0.2, -0.15) is 26.7 Å². The summed E-state index contributed by atoms with van der Waals surface area (Å²) in [5, 5.41) is 4.46. The Morgan fingerprint density at radius 3 is 2.31 bits per heavy atom. The number of carbonyl (C=O) groups is 1. The normalized spacial score (nSPS) is 22.5. The molecule has 1 fully saturated rings. The average Bonchev–Trinajstić information content (AvgIpc) is 2.77. The third kappa shape index (κ3) is 5.61. The second kappa shape index (κ2) is 9.88. The Labute approximate surface area is 203 Å². The van der Waals surface area contributed by atoms with Crippen molar-refractivity contribution in [1.82, 2.24) is 4.90 Å². The molecule has 0 bridgehead atoms. The summed E-state index contributed by atoms with van der Waals surface area (Å²) >= 11 is 0. The molecule has 1 unspecified atom stereocenters. The van der Waals surface area contributed by atoms with Crippen LogP contribution in [0.3, 0.4) is 0 Å². The first-order valence-corrected chi connectivity index (χ1v) is 12.6. The fourth-order valence-corrected chi connectivity index (χ4v) is 4.69. The second-order valence-corrected chi connectivity index (χ2v) is 10.9. The molecule has 2 N–H and O–H groups in total. The number of carbonyl (C=O) groups excluding carboxylic acids is 1. The minimum absolute atomic E-state index is 0.0817. The lowest BCUT2D eigenvalue weighted by atomic mass is 9.68. The maximum Gasteiger partial charge on any atom is 0.516 e. The topological polar surface area (TPSA) is 90.9 Å². The van der Waals surface area contributed by atoms with Crippen molar-refractivity contribution >= 4 is 33.0 Å². The molecule has 0 saturated carbocycles. The highest BCUT2D eigenvalue weighted by Crippen LogP contribution is 2.40. The summed E-state index contributed by atoms with van der Waals surface area (Å²) in [5.74, 6) is -0.282. The number of piperidine rings is 1. The highest BCUT2D eigenvalue weighted by atomic mass is 32.2. The smallest absolute Gasteiger partial charge is 0.330 e. The van der Waals surface area contributed by atoms with E-state index >= 15 is 0 Å². The van der Waals surface area contributed by atoms with Crippen LogP contribution in [0.2, 0.25) is 0 Å². The summed E-state index contributed by atoms with van der Waals surface area (Å²) in [7, 11) is -5.61. The molecule has 190 valence electrons. The van der Waals surface area contributed by atoms with E-state index in [1.165, 1.54) is 23.1 Å². The molecule has 1 saturated heterocycles. The van der Waals surface area contributed by atoms with Gasteiger partial charge in [0, 0.05) is 18.0 Å². The molecule has 35 heavy (non-hydrogen) atoms. The Morgan fingerprint density at radius 1 is 1.11 bits per heavy atom. The molecule has 0 radical (unpaired) electrons. The number of halogens is 3. The van der Waals surface area contributed by atoms with Crippen molar-refractivity contribution in [2.24, 2.45) is 16.4 Å². The number of nitrogens with zero attached hydrogens (tertiary/aromatic N) is 2. The molecular formula is C24H29F3N4O3S. The lowest BCUT2D eigenvalue weighted by molar-refractivity contribution is -0.130. The Bertz CT molecular complexity index is 1200. The monoisotopic (exact) mass is 510 g/mol. The van der Waals surface area contributed by atoms with Crippen LogP contribution in [0.1, 0.15) is 39.7 Å². The molecule has 11 heteroatoms. The van der Waals surface area contributed by atoms with Gasteiger partial charge in [-0.25, -0.2) is 0 Å². The van der Waals surface area contributed by atoms with Crippen molar-refractivity contribution in [3.63, 3.8) is 0 Å². The van der Waals surface area contributed by atoms with E-state index in [1.54, 1.807) is 10.8 Å². The summed E-state index contributed by atoms with van der Waals surface area (Å²) < 4.78 is 63.8. The number of hydrazone groups is 1. The zero-order valence-corrected chi connectivity index (χ0v) is 20.7. The standard InChI is InChI=1S/C24H29F3N4O3S/c1-16(2)23(4)14-17(3)31(22(32)21(23)29-28-19-11-6-5-7-12-19)15-18-10-8-9-13-20(18)30-35(33,34)24(25,26)27/h5-13,16-17,28,30H,14-15H2,1-4H3/b29-21+/t17?,23-/m1/s1. The van der Waals surface area contributed by atoms with Crippen LogP contribution in [0.4, 0.5) is 24.5 Å². The van der Waals surface area contributed by atoms with Gasteiger partial charge in [-0.3, -0.25) is 14.9 Å². The number of sulfonamides is 1. The molecule has 1 heterocycles. The quantitative estimate of drug-likeness (QED) is 0.501. The van der Waals surface area contributed by atoms with Gasteiger partial charge in [-0.1, -0.05) is 57.2 Å². The van der Waals surface area contributed by atoms with Gasteiger partial charge in [0.2, 0.25) is 0 Å². The third-order valence-electron chi connectivity index (χ3n) is 6.51. The van der Waals surface area contributed by atoms with Crippen molar-refractivity contribution in [3.8, 4) is 0 Å². The van der Waals surface area contributed by atoms with Crippen LogP contribution >= 0.6 is 0 Å². The number of anilines is 2. The summed E-state index contributed by atoms with van der Waals surface area (Å²) in [6.07, 6.45) is 0.572. The van der Waals surface area contributed by atoms with Crippen LogP contribution in [0.5, 0.6) is 0 Å². The van der Waals surface area contributed by atoms with Gasteiger partial charge >= 0.3 is 15.5 Å². The SMILES string of the molecule is CC1C[C@](C)(C(C)C)/C(=N/Nc2ccccc2)C(=O)N1Cc1ccccc1NS(=O)(=O)C(F)(F)F. The van der Waals surface area contributed by atoms with E-state index in [4.69, 9.17) is 0 Å². The van der Waals surface area contributed by atoms with Crippen LogP contribution in [0, 0.1) is 11.3 Å². The molecule has 0 aromatic heterocycles. The predicted molar refractivity (Wildman–Crippen MR) is 130 cm³/mol. The minimum Gasteiger partial charge on any atom is -0.330 e. The number of para-hydroxylation sites is 2. The van der Waals surface area contributed by atoms with Crippen LogP contribution in [0.25, 0.3) is 0 Å². The van der Waals surface area contributed by atoms with E-state index < -0.39 is 20.9 Å². The first kappa shape index (κ1) is 26.5. The molecule has 3 rings (SSSR count). The Kier molecular flexibility index (Phi) is 7.49. The summed E-state index contributed by atoms with van der Waals surface area (Å²) in [6.45, 7) is 7.77. The van der Waals surface area contributed by atoms with E-state index in [1.807, 2.05) is 58.0 Å². The first-order valence-electron chi connectivity index (χ1n) is 11.1. The Morgan fingerprint density at radius 2 is 1.71 bits per heavy atom. The number of likely N-dealkylation sites (tertiary alicyclic amines) is 1. The number of hydrogen-bond acceptors (Lipinski definition) is 5. The highest BCUT2D eigenvalue weighted by Gasteiger charge is 2.48. The largest absolute Gasteiger partial charge is 0.516 e. The summed E-state index contributed by atoms with van der Waals surface area (Å²) in [4.78, 5) is 15.2. The zero-order valence-electron chi connectivity index (χ0n) is 19.9. The number of amides is 1. The molecular weight excluding hydrogens is 481 g/mol. The van der Waals surface area contributed by atoms with Gasteiger partial charge in [0.15, 0.2) is 0 Å². The first-order chi connectivity index (χ1) is 16.3. The van der Waals surface area contributed by atoms with Crippen molar-refractivity contribution in [2.75, 3.05) is 10.1 Å². The van der Waals surface area contributed by atoms with Crippen LogP contribution in [-0.2, 0) is 21.4 Å². The second-order valence-electron chi connectivity index (χ2n) is 9.20. The third-order valence-corrected chi connectivity index (χ3v) is 7.61. The van der Waals surface area contributed by atoms with Crippen molar-refractivity contribution < 1.29 is 26.4 Å². The number of nitrogens with one attached hydrogen (secondary N) is 2. The summed E-state index contributed by atoms with van der Waals surface area (Å²) in [6, 6.07) is 14.6. The van der Waals surface area contributed by atoms with Gasteiger partial charge in [-0.05, 0) is 43.0 Å². The van der Waals surface area contributed by atoms with E-state index in [0.717, 1.165) is 0 Å². The predicted octanol–water partition coefficient (Wildman–Crippen LogP) is 5.20.